The summed E-state index contributed by atoms with van der Waals surface area (Å²) in [5.74, 6) is -0.235. The van der Waals surface area contributed by atoms with Gasteiger partial charge in [0.1, 0.15) is 22.4 Å². The summed E-state index contributed by atoms with van der Waals surface area (Å²) in [6.07, 6.45) is 3.96. The molecule has 0 fully saturated rings. The molecule has 3 aromatic heterocycles. The molecule has 0 bridgehead atoms. The molecule has 3 aromatic rings. The van der Waals surface area contributed by atoms with Crippen LogP contribution in [-0.2, 0) is 12.2 Å². The van der Waals surface area contributed by atoms with Gasteiger partial charge in [0.05, 0.1) is 28.8 Å². The lowest BCUT2D eigenvalue weighted by molar-refractivity contribution is 0.0734. The number of allylic oxidation sites excluding steroid dienone is 2. The Kier molecular flexibility index (Phi) is 7.15. The van der Waals surface area contributed by atoms with Crippen molar-refractivity contribution in [2.75, 3.05) is 7.05 Å². The average molecular weight is 555 g/mol. The molecule has 36 heavy (non-hydrogen) atoms. The normalized spacial score (nSPS) is 16.0. The number of nitrogens with zero attached hydrogens (tertiary/aromatic N) is 4. The molecule has 0 radical (unpaired) electrons. The van der Waals surface area contributed by atoms with Crippen LogP contribution in [0.25, 0.3) is 5.70 Å². The van der Waals surface area contributed by atoms with Crippen LogP contribution in [0.2, 0.25) is 0 Å². The average Bonchev–Trinajstić information content (AvgIpc) is 2.81. The maximum atomic E-state index is 13.5. The van der Waals surface area contributed by atoms with Crippen LogP contribution in [0.5, 0.6) is 5.75 Å². The highest BCUT2D eigenvalue weighted by Gasteiger charge is 2.26. The zero-order chi connectivity index (χ0) is 26.2. The lowest BCUT2D eigenvalue weighted by atomic mass is 10.0. The maximum Gasteiger partial charge on any atom is 0.273 e. The van der Waals surface area contributed by atoms with Gasteiger partial charge >= 0.3 is 0 Å². The van der Waals surface area contributed by atoms with Gasteiger partial charge < -0.3 is 14.7 Å². The van der Waals surface area contributed by atoms with Crippen molar-refractivity contribution in [1.82, 2.24) is 19.4 Å². The molecule has 9 heteroatoms. The van der Waals surface area contributed by atoms with Crippen LogP contribution in [0.4, 0.5) is 4.39 Å². The predicted molar refractivity (Wildman–Crippen MR) is 140 cm³/mol. The van der Waals surface area contributed by atoms with Gasteiger partial charge in [-0.25, -0.2) is 4.98 Å². The quantitative estimate of drug-likeness (QED) is 0.427. The third kappa shape index (κ3) is 5.27. The van der Waals surface area contributed by atoms with Crippen LogP contribution in [-0.4, -0.2) is 31.6 Å². The zero-order valence-electron chi connectivity index (χ0n) is 20.8. The van der Waals surface area contributed by atoms with Gasteiger partial charge in [0.25, 0.3) is 5.56 Å². The van der Waals surface area contributed by atoms with Crippen molar-refractivity contribution in [2.24, 2.45) is 0 Å². The molecule has 7 nitrogen and oxygen atoms in total. The summed E-state index contributed by atoms with van der Waals surface area (Å²) < 4.78 is 21.1. The molecular formula is C27H28BrFN4O3. The fraction of sp³-hybridized carbons (Fsp3) is 0.296. The van der Waals surface area contributed by atoms with Crippen LogP contribution < -0.4 is 10.3 Å². The third-order valence-corrected chi connectivity index (χ3v) is 6.68. The van der Waals surface area contributed by atoms with E-state index in [0.717, 1.165) is 17.0 Å². The Hall–Kier alpha value is -3.30. The monoisotopic (exact) mass is 554 g/mol. The lowest BCUT2D eigenvalue weighted by Gasteiger charge is -2.32. The Morgan fingerprint density at radius 3 is 2.58 bits per heavy atom. The molecule has 0 unspecified atom stereocenters. The molecule has 0 spiro atoms. The van der Waals surface area contributed by atoms with Crippen molar-refractivity contribution < 1.29 is 14.2 Å². The van der Waals surface area contributed by atoms with Crippen molar-refractivity contribution in [2.45, 2.75) is 45.9 Å². The van der Waals surface area contributed by atoms with E-state index in [1.165, 1.54) is 6.07 Å². The second kappa shape index (κ2) is 9.99. The van der Waals surface area contributed by atoms with E-state index < -0.39 is 11.5 Å². The smallest absolute Gasteiger partial charge is 0.273 e. The first-order valence-electron chi connectivity index (χ1n) is 11.4. The molecule has 0 amide bonds. The highest BCUT2D eigenvalue weighted by Crippen LogP contribution is 2.34. The molecule has 0 aliphatic carbocycles. The summed E-state index contributed by atoms with van der Waals surface area (Å²) >= 11 is 3.39. The standard InChI is InChI=1S/C27H28BrFN4O3/c1-16-14-32(5)21(19-9-7-10-23(31-19)27(3,4)35)13-20(16)33-17(2)12-22(25(28)26(33)34)36-15-18-8-6-11-24(29)30-18/h6-14,21,35H,15H2,1-5H3/t21-/m1/s1. The lowest BCUT2D eigenvalue weighted by Crippen LogP contribution is -2.29. The highest BCUT2D eigenvalue weighted by atomic mass is 79.9. The largest absolute Gasteiger partial charge is 0.486 e. The summed E-state index contributed by atoms with van der Waals surface area (Å²) in [5, 5.41) is 10.4. The van der Waals surface area contributed by atoms with Crippen LogP contribution in [0.3, 0.4) is 0 Å². The van der Waals surface area contributed by atoms with Gasteiger partial charge in [-0.1, -0.05) is 12.1 Å². The van der Waals surface area contributed by atoms with Crippen LogP contribution in [0.15, 0.2) is 69.6 Å². The maximum absolute atomic E-state index is 13.5. The number of rotatable bonds is 6. The fourth-order valence-corrected chi connectivity index (χ4v) is 4.53. The van der Waals surface area contributed by atoms with Gasteiger partial charge in [0.2, 0.25) is 5.95 Å². The number of aryl methyl sites for hydroxylation is 1. The minimum absolute atomic E-state index is 0.0248. The Bertz CT molecular complexity index is 1430. The number of halogens is 2. The molecular weight excluding hydrogens is 527 g/mol. The Labute approximate surface area is 217 Å². The third-order valence-electron chi connectivity index (χ3n) is 5.95. The van der Waals surface area contributed by atoms with E-state index >= 15 is 0 Å². The van der Waals surface area contributed by atoms with Crippen LogP contribution in [0, 0.1) is 12.9 Å². The molecule has 4 rings (SSSR count). The molecule has 0 saturated heterocycles. The molecule has 0 aromatic carbocycles. The zero-order valence-corrected chi connectivity index (χ0v) is 22.4. The first-order valence-corrected chi connectivity index (χ1v) is 12.2. The van der Waals surface area contributed by atoms with E-state index in [9.17, 15) is 14.3 Å². The summed E-state index contributed by atoms with van der Waals surface area (Å²) in [6.45, 7) is 7.19. The van der Waals surface area contributed by atoms with Crippen molar-refractivity contribution in [3.05, 3.63) is 104 Å². The van der Waals surface area contributed by atoms with Gasteiger partial charge in [-0.05, 0) is 79.5 Å². The second-order valence-corrected chi connectivity index (χ2v) is 10.1. The number of hydrogen-bond acceptors (Lipinski definition) is 6. The van der Waals surface area contributed by atoms with Gasteiger partial charge in [-0.3, -0.25) is 14.3 Å². The topological polar surface area (TPSA) is 80.5 Å². The molecule has 4 heterocycles. The number of aliphatic hydroxyl groups is 1. The molecule has 1 atom stereocenters. The second-order valence-electron chi connectivity index (χ2n) is 9.33. The van der Waals surface area contributed by atoms with Gasteiger partial charge in [-0.2, -0.15) is 4.39 Å². The Morgan fingerprint density at radius 2 is 1.89 bits per heavy atom. The minimum atomic E-state index is -1.07. The number of pyridine rings is 3. The van der Waals surface area contributed by atoms with Crippen LogP contribution >= 0.6 is 15.9 Å². The molecule has 0 saturated carbocycles. The Morgan fingerprint density at radius 1 is 1.17 bits per heavy atom. The van der Waals surface area contributed by atoms with Gasteiger partial charge in [0, 0.05) is 25.0 Å². The van der Waals surface area contributed by atoms with Crippen molar-refractivity contribution >= 4 is 21.6 Å². The van der Waals surface area contributed by atoms with E-state index in [1.54, 1.807) is 42.7 Å². The number of aromatic nitrogens is 3. The molecule has 1 aliphatic heterocycles. The minimum Gasteiger partial charge on any atom is -0.486 e. The molecule has 1 N–H and O–H groups in total. The van der Waals surface area contributed by atoms with E-state index in [0.29, 0.717) is 22.8 Å². The van der Waals surface area contributed by atoms with Crippen molar-refractivity contribution in [3.63, 3.8) is 0 Å². The van der Waals surface area contributed by atoms with Crippen LogP contribution in [0.1, 0.15) is 49.6 Å². The first kappa shape index (κ1) is 25.8. The van der Waals surface area contributed by atoms with Gasteiger partial charge in [0.15, 0.2) is 0 Å². The van der Waals surface area contributed by atoms with E-state index in [-0.39, 0.29) is 22.7 Å². The summed E-state index contributed by atoms with van der Waals surface area (Å²) in [7, 11) is 1.95. The number of likely N-dealkylation sites (N-methyl/N-ethyl adjacent to an activating group) is 1. The Balaban J connectivity index is 1.71. The van der Waals surface area contributed by atoms with Crippen molar-refractivity contribution in [3.8, 4) is 5.75 Å². The number of ether oxygens (including phenoxy) is 1. The summed E-state index contributed by atoms with van der Waals surface area (Å²) in [5.41, 5.74) is 2.70. The van der Waals surface area contributed by atoms with E-state index in [2.05, 4.69) is 20.9 Å². The highest BCUT2D eigenvalue weighted by molar-refractivity contribution is 9.10. The molecule has 1 aliphatic rings. The first-order chi connectivity index (χ1) is 17.0. The summed E-state index contributed by atoms with van der Waals surface area (Å²) in [4.78, 5) is 24.0. The SMILES string of the molecule is CC1=CN(C)[C@@H](c2cccc(C(C)(C)O)n2)C=C1n1c(C)cc(OCc2cccc(F)n2)c(Br)c1=O. The van der Waals surface area contributed by atoms with E-state index in [4.69, 9.17) is 9.72 Å². The van der Waals surface area contributed by atoms with E-state index in [1.807, 2.05) is 50.2 Å². The molecule has 188 valence electrons. The fourth-order valence-electron chi connectivity index (χ4n) is 4.12. The van der Waals surface area contributed by atoms with Crippen molar-refractivity contribution in [1.29, 1.82) is 0 Å². The van der Waals surface area contributed by atoms with Gasteiger partial charge in [-0.15, -0.1) is 0 Å². The number of hydrogen-bond donors (Lipinski definition) is 1. The predicted octanol–water partition coefficient (Wildman–Crippen LogP) is 5.09. The summed E-state index contributed by atoms with van der Waals surface area (Å²) in [6, 6.07) is 11.6.